The van der Waals surface area contributed by atoms with Crippen LogP contribution in [0.5, 0.6) is 23.0 Å². The normalized spacial score (nSPS) is 10.8. The summed E-state index contributed by atoms with van der Waals surface area (Å²) in [5.74, 6) is 1.91. The fourth-order valence-electron chi connectivity index (χ4n) is 3.53. The number of fused-ring (bicyclic) bond motifs is 2. The van der Waals surface area contributed by atoms with Gasteiger partial charge in [0.1, 0.15) is 23.0 Å². The third-order valence-electron chi connectivity index (χ3n) is 5.42. The van der Waals surface area contributed by atoms with Crippen molar-refractivity contribution in [3.05, 3.63) is 72.3 Å². The van der Waals surface area contributed by atoms with Crippen molar-refractivity contribution in [2.75, 3.05) is 6.61 Å². The van der Waals surface area contributed by atoms with E-state index in [-0.39, 0.29) is 11.3 Å². The minimum absolute atomic E-state index is 0.0812. The fraction of sp³-hybridized carbons (Fsp3) is 0.286. The van der Waals surface area contributed by atoms with Gasteiger partial charge in [-0.3, -0.25) is 0 Å². The molecule has 35 heavy (non-hydrogen) atoms. The molecular weight excluding hydrogens is 448 g/mol. The highest BCUT2D eigenvalue weighted by Crippen LogP contribution is 2.43. The molecule has 0 amide bonds. The van der Waals surface area contributed by atoms with Crippen molar-refractivity contribution in [1.29, 1.82) is 0 Å². The first-order valence-corrected chi connectivity index (χ1v) is 11.8. The van der Waals surface area contributed by atoms with E-state index >= 15 is 0 Å². The molecule has 184 valence electrons. The van der Waals surface area contributed by atoms with E-state index in [1.54, 1.807) is 0 Å². The maximum absolute atomic E-state index is 10.4. The zero-order chi connectivity index (χ0) is 25.0. The molecular formula is C28H30O7. The number of rotatable bonds is 11. The summed E-state index contributed by atoms with van der Waals surface area (Å²) in [4.78, 5) is 20.4. The quantitative estimate of drug-likeness (QED) is 0.130. The van der Waals surface area contributed by atoms with E-state index in [1.807, 2.05) is 18.2 Å². The molecule has 0 unspecified atom stereocenters. The van der Waals surface area contributed by atoms with Gasteiger partial charge in [0.25, 0.3) is 0 Å². The van der Waals surface area contributed by atoms with Crippen molar-refractivity contribution in [3.8, 4) is 34.1 Å². The van der Waals surface area contributed by atoms with Crippen molar-refractivity contribution in [1.82, 2.24) is 0 Å². The molecule has 5 rings (SSSR count). The minimum Gasteiger partial charge on any atom is -0.494 e. The highest BCUT2D eigenvalue weighted by atomic mass is 16.7. The summed E-state index contributed by atoms with van der Waals surface area (Å²) in [7, 11) is 0. The van der Waals surface area contributed by atoms with Gasteiger partial charge in [0, 0.05) is 11.6 Å². The average Bonchev–Trinajstić information content (AvgIpc) is 2.84. The minimum atomic E-state index is -1.43. The summed E-state index contributed by atoms with van der Waals surface area (Å²) in [6, 6.07) is 19.6. The van der Waals surface area contributed by atoms with Gasteiger partial charge in [0.15, 0.2) is 0 Å². The van der Waals surface area contributed by atoms with Crippen LogP contribution in [0.4, 0.5) is 4.79 Å². The predicted octanol–water partition coefficient (Wildman–Crippen LogP) is 7.64. The second kappa shape index (κ2) is 13.0. The number of carboxylic acids is 1. The third-order valence-corrected chi connectivity index (χ3v) is 5.42. The lowest BCUT2D eigenvalue weighted by Crippen LogP contribution is -2.03. The van der Waals surface area contributed by atoms with Crippen LogP contribution in [-0.4, -0.2) is 28.9 Å². The second-order valence-electron chi connectivity index (χ2n) is 8.10. The molecule has 3 aromatic rings. The first kappa shape index (κ1) is 25.6. The zero-order valence-electron chi connectivity index (χ0n) is 19.7. The summed E-state index contributed by atoms with van der Waals surface area (Å²) in [5.41, 5.74) is 2.41. The Morgan fingerprint density at radius 2 is 1.43 bits per heavy atom. The molecule has 0 aliphatic carbocycles. The first-order valence-electron chi connectivity index (χ1n) is 11.8. The molecule has 3 aromatic carbocycles. The summed E-state index contributed by atoms with van der Waals surface area (Å²) in [5, 5.41) is 16.7. The molecule has 0 aromatic heterocycles. The van der Waals surface area contributed by atoms with Crippen molar-refractivity contribution in [2.45, 2.75) is 45.4 Å². The van der Waals surface area contributed by atoms with Gasteiger partial charge in [0.05, 0.1) is 12.2 Å². The lowest BCUT2D eigenvalue weighted by molar-refractivity contribution is 0.0697. The summed E-state index contributed by atoms with van der Waals surface area (Å²) >= 11 is 0. The Hall–Kier alpha value is -4.00. The van der Waals surface area contributed by atoms with Gasteiger partial charge in [-0.05, 0) is 60.5 Å². The number of carboxylic acid groups (broad SMARTS) is 2. The van der Waals surface area contributed by atoms with Gasteiger partial charge in [0.2, 0.25) is 0 Å². The van der Waals surface area contributed by atoms with Crippen LogP contribution in [-0.2, 0) is 0 Å². The maximum Gasteiger partial charge on any atom is 0.511 e. The van der Waals surface area contributed by atoms with Crippen LogP contribution in [0.3, 0.4) is 0 Å². The topological polar surface area (TPSA) is 102 Å². The zero-order valence-corrected chi connectivity index (χ0v) is 19.7. The Bertz CT molecular complexity index is 1100. The molecule has 0 saturated heterocycles. The van der Waals surface area contributed by atoms with Gasteiger partial charge in [-0.1, -0.05) is 51.2 Å². The average molecular weight is 479 g/mol. The van der Waals surface area contributed by atoms with Crippen molar-refractivity contribution < 1.29 is 34.0 Å². The third kappa shape index (κ3) is 8.07. The molecule has 2 N–H and O–H groups in total. The lowest BCUT2D eigenvalue weighted by Gasteiger charge is -2.20. The van der Waals surface area contributed by atoms with Crippen LogP contribution in [0.1, 0.15) is 55.8 Å². The Labute approximate surface area is 204 Å². The Morgan fingerprint density at radius 1 is 0.800 bits per heavy atom. The van der Waals surface area contributed by atoms with Crippen LogP contribution < -0.4 is 14.2 Å². The molecule has 2 aliphatic rings. The standard InChI is InChI=1S/C20H24O2.C8H6O5/c1-2-3-4-5-6-7-14-21-17-10-8-16(9-11-17)19-13-12-18-15-20(19)22-18;9-7(10)5-1-3-6(4-2-5)13-8(11)12/h8-13,15H,2-7,14H2,1H3;1-4H,(H,9,10)(H,11,12). The van der Waals surface area contributed by atoms with E-state index in [1.165, 1.54) is 61.9 Å². The summed E-state index contributed by atoms with van der Waals surface area (Å²) in [6.07, 6.45) is 6.33. The van der Waals surface area contributed by atoms with Gasteiger partial charge < -0.3 is 24.4 Å². The Morgan fingerprint density at radius 3 is 2.00 bits per heavy atom. The van der Waals surface area contributed by atoms with Gasteiger partial charge in [-0.25, -0.2) is 9.59 Å². The van der Waals surface area contributed by atoms with Crippen LogP contribution in [0.2, 0.25) is 0 Å². The molecule has 2 aliphatic heterocycles. The number of unbranched alkanes of at least 4 members (excludes halogenated alkanes) is 5. The SMILES string of the molecule is CCCCCCCCOc1ccc(-c2ccc3cc2O3)cc1.O=C(O)Oc1ccc(C(=O)O)cc1. The lowest BCUT2D eigenvalue weighted by atomic mass is 10.0. The van der Waals surface area contributed by atoms with Crippen LogP contribution in [0, 0.1) is 0 Å². The molecule has 0 atom stereocenters. The number of ether oxygens (including phenoxy) is 3. The number of hydrogen-bond donors (Lipinski definition) is 2. The molecule has 7 nitrogen and oxygen atoms in total. The monoisotopic (exact) mass is 478 g/mol. The number of carbonyl (C=O) groups is 2. The molecule has 0 fully saturated rings. The van der Waals surface area contributed by atoms with Crippen LogP contribution in [0.25, 0.3) is 11.1 Å². The fourth-order valence-corrected chi connectivity index (χ4v) is 3.53. The molecule has 7 heteroatoms. The van der Waals surface area contributed by atoms with E-state index in [2.05, 4.69) is 35.9 Å². The summed E-state index contributed by atoms with van der Waals surface area (Å²) < 4.78 is 15.6. The first-order chi connectivity index (χ1) is 17.0. The molecule has 2 bridgehead atoms. The van der Waals surface area contributed by atoms with E-state index in [9.17, 15) is 9.59 Å². The van der Waals surface area contributed by atoms with E-state index in [4.69, 9.17) is 19.7 Å². The number of hydrogen-bond acceptors (Lipinski definition) is 5. The van der Waals surface area contributed by atoms with E-state index in [0.717, 1.165) is 35.8 Å². The van der Waals surface area contributed by atoms with Gasteiger partial charge in [-0.15, -0.1) is 0 Å². The van der Waals surface area contributed by atoms with Crippen molar-refractivity contribution >= 4 is 12.1 Å². The molecule has 0 radical (unpaired) electrons. The Balaban J connectivity index is 0.000000225. The van der Waals surface area contributed by atoms with Crippen molar-refractivity contribution in [3.63, 3.8) is 0 Å². The Kier molecular flexibility index (Phi) is 9.54. The molecule has 2 heterocycles. The van der Waals surface area contributed by atoms with Crippen LogP contribution in [0.15, 0.2) is 66.7 Å². The number of benzene rings is 3. The molecule has 0 saturated carbocycles. The van der Waals surface area contributed by atoms with E-state index < -0.39 is 12.1 Å². The highest BCUT2D eigenvalue weighted by molar-refractivity contribution is 5.87. The van der Waals surface area contributed by atoms with E-state index in [0.29, 0.717) is 0 Å². The summed E-state index contributed by atoms with van der Waals surface area (Å²) in [6.45, 7) is 3.06. The van der Waals surface area contributed by atoms with Crippen molar-refractivity contribution in [2.24, 2.45) is 0 Å². The second-order valence-corrected chi connectivity index (χ2v) is 8.10. The maximum atomic E-state index is 10.4. The van der Waals surface area contributed by atoms with Gasteiger partial charge >= 0.3 is 12.1 Å². The molecule has 0 spiro atoms. The number of aromatic carboxylic acids is 1. The highest BCUT2D eigenvalue weighted by Gasteiger charge is 2.16. The largest absolute Gasteiger partial charge is 0.511 e. The predicted molar refractivity (Wildman–Crippen MR) is 133 cm³/mol. The van der Waals surface area contributed by atoms with Crippen LogP contribution >= 0.6 is 0 Å². The smallest absolute Gasteiger partial charge is 0.494 e. The van der Waals surface area contributed by atoms with Gasteiger partial charge in [-0.2, -0.15) is 0 Å².